The normalized spacial score (nSPS) is 21.6. The highest BCUT2D eigenvalue weighted by molar-refractivity contribution is 6.62. The van der Waals surface area contributed by atoms with Crippen molar-refractivity contribution in [2.45, 2.75) is 58.7 Å². The molecule has 1 aromatic carbocycles. The summed E-state index contributed by atoms with van der Waals surface area (Å²) in [5.74, 6) is 0. The molecule has 1 saturated heterocycles. The molecule has 6 heteroatoms. The van der Waals surface area contributed by atoms with E-state index in [1.54, 1.807) is 4.90 Å². The van der Waals surface area contributed by atoms with Gasteiger partial charge in [-0.2, -0.15) is 0 Å². The zero-order valence-electron chi connectivity index (χ0n) is 15.9. The van der Waals surface area contributed by atoms with Gasteiger partial charge >= 0.3 is 13.2 Å². The third-order valence-electron chi connectivity index (χ3n) is 5.58. The second-order valence-corrected chi connectivity index (χ2v) is 7.80. The van der Waals surface area contributed by atoms with Crippen LogP contribution in [0.25, 0.3) is 0 Å². The Bertz CT molecular complexity index is 643. The first-order chi connectivity index (χ1) is 11.7. The molecule has 5 nitrogen and oxygen atoms in total. The second-order valence-electron chi connectivity index (χ2n) is 7.80. The Labute approximate surface area is 150 Å². The van der Waals surface area contributed by atoms with Gasteiger partial charge in [0.25, 0.3) is 0 Å². The van der Waals surface area contributed by atoms with Crippen LogP contribution in [0.2, 0.25) is 0 Å². The molecule has 1 fully saturated rings. The standard InChI is InChI=1S/C19H28BNO4/c1-6-23-17(22)21-11-9-14-7-8-16(13-15(14)10-12-21)20-24-18(2,3)19(4,5)25-20/h7-8,13H,6,9-12H2,1-5H3. The number of hydrogen-bond donors (Lipinski definition) is 0. The lowest BCUT2D eigenvalue weighted by molar-refractivity contribution is 0.00578. The van der Waals surface area contributed by atoms with Crippen molar-refractivity contribution in [2.75, 3.05) is 19.7 Å². The Balaban J connectivity index is 1.76. The van der Waals surface area contributed by atoms with Crippen LogP contribution in [0.15, 0.2) is 18.2 Å². The molecule has 0 spiro atoms. The van der Waals surface area contributed by atoms with Gasteiger partial charge in [-0.3, -0.25) is 0 Å². The molecule has 0 unspecified atom stereocenters. The summed E-state index contributed by atoms with van der Waals surface area (Å²) < 4.78 is 17.4. The Morgan fingerprint density at radius 1 is 1.12 bits per heavy atom. The van der Waals surface area contributed by atoms with Crippen molar-refractivity contribution in [3.05, 3.63) is 29.3 Å². The van der Waals surface area contributed by atoms with E-state index in [-0.39, 0.29) is 24.4 Å². The number of nitrogens with zero attached hydrogens (tertiary/aromatic N) is 1. The third-order valence-corrected chi connectivity index (χ3v) is 5.58. The van der Waals surface area contributed by atoms with Crippen molar-refractivity contribution in [3.8, 4) is 0 Å². The van der Waals surface area contributed by atoms with Crippen LogP contribution < -0.4 is 5.46 Å². The molecule has 2 aliphatic heterocycles. The average molecular weight is 345 g/mol. The lowest BCUT2D eigenvalue weighted by Gasteiger charge is -2.32. The minimum atomic E-state index is -0.347. The van der Waals surface area contributed by atoms with Crippen LogP contribution in [-0.4, -0.2) is 49.0 Å². The predicted octanol–water partition coefficient (Wildman–Crippen LogP) is 2.54. The molecule has 0 radical (unpaired) electrons. The van der Waals surface area contributed by atoms with E-state index in [1.807, 2.05) is 6.92 Å². The van der Waals surface area contributed by atoms with Gasteiger partial charge in [0.15, 0.2) is 0 Å². The maximum absolute atomic E-state index is 12.0. The van der Waals surface area contributed by atoms with Crippen molar-refractivity contribution in [1.82, 2.24) is 4.90 Å². The van der Waals surface area contributed by atoms with Crippen LogP contribution in [-0.2, 0) is 26.9 Å². The van der Waals surface area contributed by atoms with E-state index in [4.69, 9.17) is 14.0 Å². The van der Waals surface area contributed by atoms with Gasteiger partial charge in [0.1, 0.15) is 0 Å². The van der Waals surface area contributed by atoms with E-state index in [0.29, 0.717) is 19.7 Å². The molecular weight excluding hydrogens is 317 g/mol. The highest BCUT2D eigenvalue weighted by atomic mass is 16.7. The molecular formula is C19H28BNO4. The van der Waals surface area contributed by atoms with Crippen LogP contribution in [0, 0.1) is 0 Å². The Hall–Kier alpha value is -1.53. The number of benzene rings is 1. The summed E-state index contributed by atoms with van der Waals surface area (Å²) in [6, 6.07) is 6.40. The van der Waals surface area contributed by atoms with Crippen LogP contribution in [0.1, 0.15) is 45.7 Å². The number of fused-ring (bicyclic) bond motifs is 1. The van der Waals surface area contributed by atoms with Crippen molar-refractivity contribution < 1.29 is 18.8 Å². The van der Waals surface area contributed by atoms with Crippen LogP contribution in [0.5, 0.6) is 0 Å². The molecule has 0 atom stereocenters. The molecule has 1 amide bonds. The third kappa shape index (κ3) is 3.56. The summed E-state index contributed by atoms with van der Waals surface area (Å²) in [6.07, 6.45) is 1.45. The van der Waals surface area contributed by atoms with Crippen molar-refractivity contribution >= 4 is 18.7 Å². The zero-order valence-corrected chi connectivity index (χ0v) is 15.9. The first-order valence-electron chi connectivity index (χ1n) is 9.12. The van der Waals surface area contributed by atoms with Gasteiger partial charge in [-0.25, -0.2) is 4.79 Å². The van der Waals surface area contributed by atoms with E-state index >= 15 is 0 Å². The fraction of sp³-hybridized carbons (Fsp3) is 0.632. The molecule has 1 aromatic rings. The molecule has 0 aromatic heterocycles. The van der Waals surface area contributed by atoms with E-state index in [2.05, 4.69) is 45.9 Å². The first kappa shape index (κ1) is 18.3. The molecule has 0 bridgehead atoms. The van der Waals surface area contributed by atoms with Crippen LogP contribution in [0.4, 0.5) is 4.79 Å². The van der Waals surface area contributed by atoms with E-state index in [0.717, 1.165) is 18.3 Å². The molecule has 0 saturated carbocycles. The van der Waals surface area contributed by atoms with Crippen molar-refractivity contribution in [3.63, 3.8) is 0 Å². The van der Waals surface area contributed by atoms with Gasteiger partial charge in [-0.05, 0) is 64.1 Å². The van der Waals surface area contributed by atoms with Crippen molar-refractivity contribution in [2.24, 2.45) is 0 Å². The monoisotopic (exact) mass is 345 g/mol. The highest BCUT2D eigenvalue weighted by Gasteiger charge is 2.51. The molecule has 136 valence electrons. The predicted molar refractivity (Wildman–Crippen MR) is 98.2 cm³/mol. The number of hydrogen-bond acceptors (Lipinski definition) is 4. The van der Waals surface area contributed by atoms with Gasteiger partial charge in [0, 0.05) is 13.1 Å². The summed E-state index contributed by atoms with van der Waals surface area (Å²) in [5, 5.41) is 0. The largest absolute Gasteiger partial charge is 0.494 e. The van der Waals surface area contributed by atoms with E-state index < -0.39 is 0 Å². The highest BCUT2D eigenvalue weighted by Crippen LogP contribution is 2.36. The average Bonchev–Trinajstić information content (AvgIpc) is 2.69. The topological polar surface area (TPSA) is 48.0 Å². The summed E-state index contributed by atoms with van der Waals surface area (Å²) in [7, 11) is -0.347. The minimum Gasteiger partial charge on any atom is -0.450 e. The minimum absolute atomic E-state index is 0.221. The van der Waals surface area contributed by atoms with Gasteiger partial charge in [-0.15, -0.1) is 0 Å². The number of rotatable bonds is 2. The molecule has 2 heterocycles. The molecule has 25 heavy (non-hydrogen) atoms. The maximum atomic E-state index is 12.0. The second kappa shape index (κ2) is 6.65. The quantitative estimate of drug-likeness (QED) is 0.773. The number of carbonyl (C=O) groups excluding carboxylic acids is 1. The van der Waals surface area contributed by atoms with Gasteiger partial charge in [0.2, 0.25) is 0 Å². The first-order valence-corrected chi connectivity index (χ1v) is 9.12. The Kier molecular flexibility index (Phi) is 4.86. The smallest absolute Gasteiger partial charge is 0.450 e. The fourth-order valence-corrected chi connectivity index (χ4v) is 3.27. The Morgan fingerprint density at radius 3 is 2.32 bits per heavy atom. The fourth-order valence-electron chi connectivity index (χ4n) is 3.27. The van der Waals surface area contributed by atoms with Gasteiger partial charge in [0.05, 0.1) is 17.8 Å². The molecule has 2 aliphatic rings. The summed E-state index contributed by atoms with van der Waals surface area (Å²) >= 11 is 0. The summed E-state index contributed by atoms with van der Waals surface area (Å²) in [6.45, 7) is 11.9. The lowest BCUT2D eigenvalue weighted by atomic mass is 9.77. The molecule has 3 rings (SSSR count). The SMILES string of the molecule is CCOC(=O)N1CCc2ccc(B3OC(C)(C)C(C)(C)O3)cc2CC1. The number of ether oxygens (including phenoxy) is 1. The molecule has 0 aliphatic carbocycles. The van der Waals surface area contributed by atoms with E-state index in [9.17, 15) is 4.79 Å². The van der Waals surface area contributed by atoms with Crippen LogP contribution >= 0.6 is 0 Å². The van der Waals surface area contributed by atoms with Crippen molar-refractivity contribution in [1.29, 1.82) is 0 Å². The lowest BCUT2D eigenvalue weighted by Crippen LogP contribution is -2.41. The maximum Gasteiger partial charge on any atom is 0.494 e. The Morgan fingerprint density at radius 2 is 1.72 bits per heavy atom. The summed E-state index contributed by atoms with van der Waals surface area (Å²) in [4.78, 5) is 13.8. The van der Waals surface area contributed by atoms with Crippen LogP contribution in [0.3, 0.4) is 0 Å². The molecule has 0 N–H and O–H groups in total. The zero-order chi connectivity index (χ0) is 18.2. The number of carbonyl (C=O) groups is 1. The number of amides is 1. The summed E-state index contributed by atoms with van der Waals surface area (Å²) in [5.41, 5.74) is 2.91. The van der Waals surface area contributed by atoms with Gasteiger partial charge in [-0.1, -0.05) is 18.2 Å². The van der Waals surface area contributed by atoms with E-state index in [1.165, 1.54) is 11.1 Å². The van der Waals surface area contributed by atoms with Gasteiger partial charge < -0.3 is 18.9 Å².